The molecule has 0 aliphatic heterocycles. The van der Waals surface area contributed by atoms with E-state index >= 15 is 0 Å². The van der Waals surface area contributed by atoms with Gasteiger partial charge in [-0.2, -0.15) is 0 Å². The maximum absolute atomic E-state index is 12.7. The Hall–Kier alpha value is -1.51. The predicted octanol–water partition coefficient (Wildman–Crippen LogP) is 3.73. The van der Waals surface area contributed by atoms with Crippen molar-refractivity contribution < 1.29 is 4.79 Å². The highest BCUT2D eigenvalue weighted by Crippen LogP contribution is 2.32. The van der Waals surface area contributed by atoms with Gasteiger partial charge in [-0.15, -0.1) is 0 Å². The number of amides is 1. The molecule has 0 spiro atoms. The van der Waals surface area contributed by atoms with E-state index in [0.29, 0.717) is 17.9 Å². The minimum Gasteiger partial charge on any atom is -0.399 e. The first-order valence-corrected chi connectivity index (χ1v) is 8.36. The van der Waals surface area contributed by atoms with Crippen LogP contribution in [0, 0.1) is 5.92 Å². The van der Waals surface area contributed by atoms with Gasteiger partial charge in [0.15, 0.2) is 0 Å². The Labute approximate surface area is 127 Å². The number of benzene rings is 1. The molecule has 1 aromatic rings. The molecule has 0 aromatic heterocycles. The maximum Gasteiger partial charge on any atom is 0.223 e. The molecule has 2 aliphatic rings. The van der Waals surface area contributed by atoms with Crippen LogP contribution < -0.4 is 5.73 Å². The van der Waals surface area contributed by atoms with Gasteiger partial charge in [0.25, 0.3) is 0 Å². The third-order valence-electron chi connectivity index (χ3n) is 4.83. The lowest BCUT2D eigenvalue weighted by atomic mass is 9.86. The van der Waals surface area contributed by atoms with Crippen LogP contribution in [0.3, 0.4) is 0 Å². The number of carbonyl (C=O) groups is 1. The van der Waals surface area contributed by atoms with E-state index in [0.717, 1.165) is 18.7 Å². The quantitative estimate of drug-likeness (QED) is 0.838. The lowest BCUT2D eigenvalue weighted by Gasteiger charge is -2.27. The molecule has 114 valence electrons. The molecule has 0 bridgehead atoms. The van der Waals surface area contributed by atoms with Crippen molar-refractivity contribution in [3.05, 3.63) is 29.8 Å². The number of anilines is 1. The molecular formula is C18H26N2O. The summed E-state index contributed by atoms with van der Waals surface area (Å²) in [6.45, 7) is 0.747. The summed E-state index contributed by atoms with van der Waals surface area (Å²) >= 11 is 0. The summed E-state index contributed by atoms with van der Waals surface area (Å²) < 4.78 is 0. The van der Waals surface area contributed by atoms with Crippen molar-refractivity contribution in [2.24, 2.45) is 5.92 Å². The highest BCUT2D eigenvalue weighted by Gasteiger charge is 2.33. The number of rotatable bonds is 5. The summed E-state index contributed by atoms with van der Waals surface area (Å²) in [5.41, 5.74) is 7.70. The molecule has 0 saturated heterocycles. The number of hydrogen-bond donors (Lipinski definition) is 1. The first-order valence-electron chi connectivity index (χ1n) is 8.36. The van der Waals surface area contributed by atoms with Crippen molar-refractivity contribution in [1.29, 1.82) is 0 Å². The van der Waals surface area contributed by atoms with E-state index in [1.165, 1.54) is 50.5 Å². The fourth-order valence-corrected chi connectivity index (χ4v) is 3.38. The van der Waals surface area contributed by atoms with Crippen LogP contribution in [0.1, 0.15) is 56.9 Å². The minimum atomic E-state index is 0.362. The van der Waals surface area contributed by atoms with Crippen molar-refractivity contribution in [3.63, 3.8) is 0 Å². The van der Waals surface area contributed by atoms with Crippen LogP contribution in [0.15, 0.2) is 24.3 Å². The van der Waals surface area contributed by atoms with E-state index in [1.807, 2.05) is 24.3 Å². The lowest BCUT2D eigenvalue weighted by Crippen LogP contribution is -2.34. The average Bonchev–Trinajstić information content (AvgIpc) is 3.32. The average molecular weight is 286 g/mol. The van der Waals surface area contributed by atoms with Gasteiger partial charge < -0.3 is 10.6 Å². The van der Waals surface area contributed by atoms with Crippen LogP contribution >= 0.6 is 0 Å². The molecule has 2 aliphatic carbocycles. The molecule has 0 unspecified atom stereocenters. The van der Waals surface area contributed by atoms with Crippen LogP contribution in [0.2, 0.25) is 0 Å². The van der Waals surface area contributed by atoms with Crippen molar-refractivity contribution in [1.82, 2.24) is 4.90 Å². The summed E-state index contributed by atoms with van der Waals surface area (Å²) in [5, 5.41) is 0. The smallest absolute Gasteiger partial charge is 0.223 e. The van der Waals surface area contributed by atoms with Gasteiger partial charge in [0.2, 0.25) is 5.91 Å². The molecule has 0 heterocycles. The molecule has 3 rings (SSSR count). The molecule has 2 fully saturated rings. The Bertz CT molecular complexity index is 472. The van der Waals surface area contributed by atoms with E-state index < -0.39 is 0 Å². The highest BCUT2D eigenvalue weighted by molar-refractivity contribution is 5.77. The second-order valence-electron chi connectivity index (χ2n) is 6.70. The van der Waals surface area contributed by atoms with E-state index in [-0.39, 0.29) is 0 Å². The van der Waals surface area contributed by atoms with Crippen molar-refractivity contribution in [3.8, 4) is 0 Å². The zero-order valence-corrected chi connectivity index (χ0v) is 12.8. The Morgan fingerprint density at radius 3 is 2.33 bits per heavy atom. The molecule has 0 radical (unpaired) electrons. The zero-order valence-electron chi connectivity index (χ0n) is 12.8. The van der Waals surface area contributed by atoms with E-state index in [1.54, 1.807) is 0 Å². The fraction of sp³-hybridized carbons (Fsp3) is 0.611. The SMILES string of the molecule is Nc1ccc(CN(C(=O)CC2CCCCC2)C2CC2)cc1. The van der Waals surface area contributed by atoms with Crippen LogP contribution in [-0.4, -0.2) is 16.8 Å². The van der Waals surface area contributed by atoms with Gasteiger partial charge in [0.05, 0.1) is 0 Å². The monoisotopic (exact) mass is 286 g/mol. The summed E-state index contributed by atoms with van der Waals surface area (Å²) in [5.74, 6) is 0.986. The minimum absolute atomic E-state index is 0.362. The van der Waals surface area contributed by atoms with Crippen LogP contribution in [0.5, 0.6) is 0 Å². The molecule has 3 heteroatoms. The molecule has 3 nitrogen and oxygen atoms in total. The van der Waals surface area contributed by atoms with Crippen LogP contribution in [-0.2, 0) is 11.3 Å². The molecule has 0 atom stereocenters. The van der Waals surface area contributed by atoms with Crippen molar-refractivity contribution >= 4 is 11.6 Å². The highest BCUT2D eigenvalue weighted by atomic mass is 16.2. The zero-order chi connectivity index (χ0) is 14.7. The molecule has 1 amide bonds. The van der Waals surface area contributed by atoms with Gasteiger partial charge in [-0.05, 0) is 49.3 Å². The van der Waals surface area contributed by atoms with E-state index in [2.05, 4.69) is 4.90 Å². The van der Waals surface area contributed by atoms with Crippen LogP contribution in [0.25, 0.3) is 0 Å². The van der Waals surface area contributed by atoms with E-state index in [9.17, 15) is 4.79 Å². The summed E-state index contributed by atoms with van der Waals surface area (Å²) in [4.78, 5) is 14.8. The van der Waals surface area contributed by atoms with Gasteiger partial charge in [0, 0.05) is 24.7 Å². The number of hydrogen-bond acceptors (Lipinski definition) is 2. The van der Waals surface area contributed by atoms with Crippen molar-refractivity contribution in [2.75, 3.05) is 5.73 Å². The second kappa shape index (κ2) is 6.50. The molecule has 1 aromatic carbocycles. The normalized spacial score (nSPS) is 19.4. The molecular weight excluding hydrogens is 260 g/mol. The number of nitrogens with zero attached hydrogens (tertiary/aromatic N) is 1. The Balaban J connectivity index is 1.60. The van der Waals surface area contributed by atoms with Gasteiger partial charge in [-0.1, -0.05) is 31.4 Å². The number of nitrogens with two attached hydrogens (primary N) is 1. The van der Waals surface area contributed by atoms with Gasteiger partial charge >= 0.3 is 0 Å². The third-order valence-corrected chi connectivity index (χ3v) is 4.83. The predicted molar refractivity (Wildman–Crippen MR) is 85.6 cm³/mol. The van der Waals surface area contributed by atoms with Crippen molar-refractivity contribution in [2.45, 2.75) is 64.0 Å². The first kappa shape index (κ1) is 14.4. The summed E-state index contributed by atoms with van der Waals surface area (Å²) in [6.07, 6.45) is 9.54. The number of carbonyl (C=O) groups excluding carboxylic acids is 1. The van der Waals surface area contributed by atoms with Crippen LogP contribution in [0.4, 0.5) is 5.69 Å². The first-order chi connectivity index (χ1) is 10.2. The molecule has 2 N–H and O–H groups in total. The third kappa shape index (κ3) is 3.99. The van der Waals surface area contributed by atoms with Gasteiger partial charge in [-0.25, -0.2) is 0 Å². The van der Waals surface area contributed by atoms with E-state index in [4.69, 9.17) is 5.73 Å². The Kier molecular flexibility index (Phi) is 4.47. The molecule has 21 heavy (non-hydrogen) atoms. The Morgan fingerprint density at radius 2 is 1.71 bits per heavy atom. The van der Waals surface area contributed by atoms with Gasteiger partial charge in [0.1, 0.15) is 0 Å². The maximum atomic E-state index is 12.7. The summed E-state index contributed by atoms with van der Waals surface area (Å²) in [6, 6.07) is 8.41. The topological polar surface area (TPSA) is 46.3 Å². The number of nitrogen functional groups attached to an aromatic ring is 1. The largest absolute Gasteiger partial charge is 0.399 e. The van der Waals surface area contributed by atoms with Gasteiger partial charge in [-0.3, -0.25) is 4.79 Å². The molecule has 2 saturated carbocycles. The Morgan fingerprint density at radius 1 is 1.05 bits per heavy atom. The lowest BCUT2D eigenvalue weighted by molar-refractivity contribution is -0.133. The fourth-order valence-electron chi connectivity index (χ4n) is 3.38. The standard InChI is InChI=1S/C18H26N2O/c19-16-8-6-15(7-9-16)13-20(17-10-11-17)18(21)12-14-4-2-1-3-5-14/h6-9,14,17H,1-5,10-13,19H2. The summed E-state index contributed by atoms with van der Waals surface area (Å²) in [7, 11) is 0. The second-order valence-corrected chi connectivity index (χ2v) is 6.70.